The molecule has 0 spiro atoms. The van der Waals surface area contributed by atoms with Crippen LogP contribution < -0.4 is 5.32 Å². The smallest absolute Gasteiger partial charge is 0.369 e. The van der Waals surface area contributed by atoms with E-state index in [1.54, 1.807) is 11.3 Å². The Bertz CT molecular complexity index is 1070. The van der Waals surface area contributed by atoms with Gasteiger partial charge in [-0.15, -0.1) is 11.3 Å². The van der Waals surface area contributed by atoms with Crippen LogP contribution in [-0.2, 0) is 12.6 Å². The van der Waals surface area contributed by atoms with E-state index >= 15 is 0 Å². The summed E-state index contributed by atoms with van der Waals surface area (Å²) in [6.07, 6.45) is -2.19. The molecule has 0 aliphatic heterocycles. The summed E-state index contributed by atoms with van der Waals surface area (Å²) in [4.78, 5) is 10.7. The predicted molar refractivity (Wildman–Crippen MR) is 106 cm³/mol. The lowest BCUT2D eigenvalue weighted by Crippen LogP contribution is -2.08. The van der Waals surface area contributed by atoms with Crippen LogP contribution in [0.4, 0.5) is 19.0 Å². The monoisotopic (exact) mass is 399 g/mol. The molecule has 0 aliphatic carbocycles. The van der Waals surface area contributed by atoms with Crippen LogP contribution in [0.5, 0.6) is 0 Å². The fraction of sp³-hybridized carbons (Fsp3) is 0.143. The normalized spacial score (nSPS) is 11.7. The number of hydrogen-bond acceptors (Lipinski definition) is 4. The van der Waals surface area contributed by atoms with Crippen LogP contribution in [-0.4, -0.2) is 16.5 Å². The Hall–Kier alpha value is -2.93. The second kappa shape index (κ2) is 7.59. The van der Waals surface area contributed by atoms with Crippen molar-refractivity contribution in [3.63, 3.8) is 0 Å². The van der Waals surface area contributed by atoms with Gasteiger partial charge >= 0.3 is 6.18 Å². The standard InChI is InChI=1S/C21H16F3N3S/c22-21(23,24)16-8-6-14(7-9-16)10-11-25-19-17-12-18(15-4-2-1-3-5-15)28-20(17)27-13-26-19/h1-9,12-13H,10-11H2,(H,25,26,27). The van der Waals surface area contributed by atoms with Crippen LogP contribution in [0.25, 0.3) is 20.7 Å². The van der Waals surface area contributed by atoms with E-state index < -0.39 is 11.7 Å². The average Bonchev–Trinajstić information content (AvgIpc) is 3.14. The van der Waals surface area contributed by atoms with Crippen LogP contribution in [0.2, 0.25) is 0 Å². The van der Waals surface area contributed by atoms with Gasteiger partial charge in [-0.25, -0.2) is 9.97 Å². The van der Waals surface area contributed by atoms with Gasteiger partial charge in [-0.2, -0.15) is 13.2 Å². The van der Waals surface area contributed by atoms with Gasteiger partial charge in [-0.3, -0.25) is 0 Å². The summed E-state index contributed by atoms with van der Waals surface area (Å²) in [5.74, 6) is 0.732. The molecule has 0 saturated heterocycles. The summed E-state index contributed by atoms with van der Waals surface area (Å²) in [6.45, 7) is 0.563. The Kier molecular flexibility index (Phi) is 5.00. The maximum absolute atomic E-state index is 12.6. The molecule has 0 amide bonds. The van der Waals surface area contributed by atoms with Crippen molar-refractivity contribution >= 4 is 27.4 Å². The van der Waals surface area contributed by atoms with Gasteiger partial charge in [0.05, 0.1) is 10.9 Å². The van der Waals surface area contributed by atoms with E-state index in [0.29, 0.717) is 13.0 Å². The zero-order chi connectivity index (χ0) is 19.6. The number of hydrogen-bond donors (Lipinski definition) is 1. The summed E-state index contributed by atoms with van der Waals surface area (Å²) in [5, 5.41) is 4.22. The molecule has 2 aromatic carbocycles. The first kappa shape index (κ1) is 18.4. The van der Waals surface area contributed by atoms with Crippen molar-refractivity contribution in [3.05, 3.63) is 78.1 Å². The van der Waals surface area contributed by atoms with Crippen LogP contribution >= 0.6 is 11.3 Å². The summed E-state index contributed by atoms with van der Waals surface area (Å²) < 4.78 is 37.9. The first-order valence-electron chi connectivity index (χ1n) is 8.71. The number of thiophene rings is 1. The molecular weight excluding hydrogens is 383 g/mol. The lowest BCUT2D eigenvalue weighted by atomic mass is 10.1. The van der Waals surface area contributed by atoms with E-state index in [1.807, 2.05) is 18.2 Å². The van der Waals surface area contributed by atoms with E-state index in [4.69, 9.17) is 0 Å². The number of rotatable bonds is 5. The summed E-state index contributed by atoms with van der Waals surface area (Å²) in [7, 11) is 0. The van der Waals surface area contributed by atoms with Crippen molar-refractivity contribution in [2.24, 2.45) is 0 Å². The second-order valence-electron chi connectivity index (χ2n) is 6.29. The second-order valence-corrected chi connectivity index (χ2v) is 7.32. The van der Waals surface area contributed by atoms with Gasteiger partial charge in [0.1, 0.15) is 17.0 Å². The number of nitrogens with one attached hydrogen (secondary N) is 1. The molecule has 0 unspecified atom stereocenters. The number of aromatic nitrogens is 2. The molecule has 2 aromatic heterocycles. The number of halogens is 3. The minimum atomic E-state index is -4.31. The minimum Gasteiger partial charge on any atom is -0.369 e. The maximum Gasteiger partial charge on any atom is 0.416 e. The molecule has 4 rings (SSSR count). The Morgan fingerprint density at radius 1 is 0.929 bits per heavy atom. The molecule has 0 atom stereocenters. The highest BCUT2D eigenvalue weighted by atomic mass is 32.1. The Balaban J connectivity index is 1.47. The third-order valence-corrected chi connectivity index (χ3v) is 5.47. The fourth-order valence-electron chi connectivity index (χ4n) is 2.93. The first-order chi connectivity index (χ1) is 13.5. The van der Waals surface area contributed by atoms with E-state index in [0.717, 1.165) is 44.2 Å². The Morgan fingerprint density at radius 2 is 1.68 bits per heavy atom. The number of nitrogens with zero attached hydrogens (tertiary/aromatic N) is 2. The highest BCUT2D eigenvalue weighted by molar-refractivity contribution is 7.21. The van der Waals surface area contributed by atoms with Crippen molar-refractivity contribution in [3.8, 4) is 10.4 Å². The molecule has 2 heterocycles. The number of alkyl halides is 3. The highest BCUT2D eigenvalue weighted by Gasteiger charge is 2.29. The molecule has 28 heavy (non-hydrogen) atoms. The summed E-state index contributed by atoms with van der Waals surface area (Å²) >= 11 is 1.60. The number of fused-ring (bicyclic) bond motifs is 1. The van der Waals surface area contributed by atoms with Crippen molar-refractivity contribution in [1.82, 2.24) is 9.97 Å². The molecule has 0 saturated carbocycles. The molecular formula is C21H16F3N3S. The largest absolute Gasteiger partial charge is 0.416 e. The van der Waals surface area contributed by atoms with Gasteiger partial charge in [0.25, 0.3) is 0 Å². The summed E-state index contributed by atoms with van der Waals surface area (Å²) in [5.41, 5.74) is 1.33. The average molecular weight is 399 g/mol. The number of anilines is 1. The van der Waals surface area contributed by atoms with Gasteiger partial charge in [-0.05, 0) is 35.7 Å². The summed E-state index contributed by atoms with van der Waals surface area (Å²) in [6, 6.07) is 17.4. The molecule has 0 fully saturated rings. The van der Waals surface area contributed by atoms with Crippen molar-refractivity contribution in [2.75, 3.05) is 11.9 Å². The highest BCUT2D eigenvalue weighted by Crippen LogP contribution is 2.34. The SMILES string of the molecule is FC(F)(F)c1ccc(CCNc2ncnc3sc(-c4ccccc4)cc23)cc1. The zero-order valence-corrected chi connectivity index (χ0v) is 15.5. The fourth-order valence-corrected chi connectivity index (χ4v) is 3.93. The molecule has 1 N–H and O–H groups in total. The minimum absolute atomic E-state index is 0.563. The molecule has 4 aromatic rings. The lowest BCUT2D eigenvalue weighted by Gasteiger charge is -2.09. The molecule has 0 bridgehead atoms. The Labute approximate surface area is 163 Å². The molecule has 3 nitrogen and oxygen atoms in total. The van der Waals surface area contributed by atoms with E-state index in [1.165, 1.54) is 18.5 Å². The zero-order valence-electron chi connectivity index (χ0n) is 14.7. The van der Waals surface area contributed by atoms with E-state index in [2.05, 4.69) is 33.5 Å². The van der Waals surface area contributed by atoms with Gasteiger partial charge in [0, 0.05) is 11.4 Å². The topological polar surface area (TPSA) is 37.8 Å². The van der Waals surface area contributed by atoms with Gasteiger partial charge in [0.2, 0.25) is 0 Å². The predicted octanol–water partition coefficient (Wildman–Crippen LogP) is 6.03. The first-order valence-corrected chi connectivity index (χ1v) is 9.52. The van der Waals surface area contributed by atoms with E-state index in [9.17, 15) is 13.2 Å². The maximum atomic E-state index is 12.6. The molecule has 7 heteroatoms. The van der Waals surface area contributed by atoms with E-state index in [-0.39, 0.29) is 0 Å². The van der Waals surface area contributed by atoms with Gasteiger partial charge < -0.3 is 5.32 Å². The van der Waals surface area contributed by atoms with Gasteiger partial charge in [0.15, 0.2) is 0 Å². The van der Waals surface area contributed by atoms with Crippen molar-refractivity contribution in [2.45, 2.75) is 12.6 Å². The van der Waals surface area contributed by atoms with Crippen LogP contribution in [0.15, 0.2) is 67.0 Å². The van der Waals surface area contributed by atoms with Crippen molar-refractivity contribution in [1.29, 1.82) is 0 Å². The van der Waals surface area contributed by atoms with Crippen LogP contribution in [0.1, 0.15) is 11.1 Å². The third-order valence-electron chi connectivity index (χ3n) is 4.38. The molecule has 0 aliphatic rings. The number of benzene rings is 2. The third kappa shape index (κ3) is 3.99. The van der Waals surface area contributed by atoms with Crippen LogP contribution in [0, 0.1) is 0 Å². The lowest BCUT2D eigenvalue weighted by molar-refractivity contribution is -0.137. The quantitative estimate of drug-likeness (QED) is 0.445. The molecule has 0 radical (unpaired) electrons. The molecule has 142 valence electrons. The van der Waals surface area contributed by atoms with Crippen LogP contribution in [0.3, 0.4) is 0 Å². The van der Waals surface area contributed by atoms with Crippen molar-refractivity contribution < 1.29 is 13.2 Å². The van der Waals surface area contributed by atoms with Gasteiger partial charge in [-0.1, -0.05) is 42.5 Å². The Morgan fingerprint density at radius 3 is 2.39 bits per heavy atom.